The molecule has 2 aromatic carbocycles. The highest BCUT2D eigenvalue weighted by molar-refractivity contribution is 6.30. The maximum Gasteiger partial charge on any atom is 0.410 e. The van der Waals surface area contributed by atoms with E-state index in [4.69, 9.17) is 21.3 Å². The van der Waals surface area contributed by atoms with E-state index in [0.717, 1.165) is 53.5 Å². The third kappa shape index (κ3) is 5.01. The number of amides is 1. The van der Waals surface area contributed by atoms with E-state index in [1.54, 1.807) is 4.90 Å². The summed E-state index contributed by atoms with van der Waals surface area (Å²) in [7, 11) is 1.84. The number of fused-ring (bicyclic) bond motifs is 1. The van der Waals surface area contributed by atoms with Crippen molar-refractivity contribution in [1.82, 2.24) is 14.5 Å². The zero-order valence-corrected chi connectivity index (χ0v) is 20.0. The van der Waals surface area contributed by atoms with Crippen molar-refractivity contribution in [3.05, 3.63) is 59.1 Å². The Hall–Kier alpha value is -2.73. The second-order valence-corrected chi connectivity index (χ2v) is 9.86. The number of nitrogens with zero attached hydrogens (tertiary/aromatic N) is 4. The monoisotopic (exact) mass is 454 g/mol. The first-order valence-corrected chi connectivity index (χ1v) is 11.5. The summed E-state index contributed by atoms with van der Waals surface area (Å²) in [4.78, 5) is 21.5. The van der Waals surface area contributed by atoms with Crippen LogP contribution in [-0.4, -0.2) is 52.3 Å². The van der Waals surface area contributed by atoms with E-state index in [1.165, 1.54) is 0 Å². The minimum atomic E-state index is -0.489. The number of benzene rings is 2. The van der Waals surface area contributed by atoms with Crippen LogP contribution in [0.2, 0.25) is 5.02 Å². The van der Waals surface area contributed by atoms with Crippen LogP contribution in [0.5, 0.6) is 0 Å². The van der Waals surface area contributed by atoms with Crippen LogP contribution in [0.1, 0.15) is 39.2 Å². The predicted octanol–water partition coefficient (Wildman–Crippen LogP) is 5.57. The van der Waals surface area contributed by atoms with Gasteiger partial charge in [-0.25, -0.2) is 9.78 Å². The average Bonchev–Trinajstić information content (AvgIpc) is 3.10. The van der Waals surface area contributed by atoms with Gasteiger partial charge in [-0.15, -0.1) is 0 Å². The van der Waals surface area contributed by atoms with Gasteiger partial charge in [-0.3, -0.25) is 0 Å². The molecule has 0 N–H and O–H groups in total. The SMILES string of the molecule is CN(C(=O)OC(C)(C)C)C1CCN(c2nc3ccccc3n2Cc2cccc(Cl)c2)CC1. The van der Waals surface area contributed by atoms with Gasteiger partial charge in [0, 0.05) is 31.2 Å². The molecule has 1 amide bonds. The highest BCUT2D eigenvalue weighted by atomic mass is 35.5. The van der Waals surface area contributed by atoms with Gasteiger partial charge in [0.1, 0.15) is 5.60 Å². The summed E-state index contributed by atoms with van der Waals surface area (Å²) in [6.45, 7) is 8.05. The lowest BCUT2D eigenvalue weighted by Gasteiger charge is -2.37. The molecule has 1 aliphatic rings. The number of imidazole rings is 1. The molecule has 1 aliphatic heterocycles. The number of rotatable bonds is 4. The van der Waals surface area contributed by atoms with Gasteiger partial charge >= 0.3 is 6.09 Å². The van der Waals surface area contributed by atoms with Crippen molar-refractivity contribution in [2.24, 2.45) is 0 Å². The molecule has 0 spiro atoms. The lowest BCUT2D eigenvalue weighted by Crippen LogP contribution is -2.47. The van der Waals surface area contributed by atoms with Crippen LogP contribution < -0.4 is 4.90 Å². The molecular weight excluding hydrogens is 424 g/mol. The Morgan fingerprint density at radius 2 is 1.88 bits per heavy atom. The molecule has 4 rings (SSSR count). The second kappa shape index (κ2) is 9.02. The zero-order valence-electron chi connectivity index (χ0n) is 19.2. The van der Waals surface area contributed by atoms with Crippen molar-refractivity contribution in [3.8, 4) is 0 Å². The van der Waals surface area contributed by atoms with Gasteiger partial charge in [-0.05, 0) is 63.4 Å². The maximum absolute atomic E-state index is 12.5. The normalized spacial score (nSPS) is 15.2. The summed E-state index contributed by atoms with van der Waals surface area (Å²) in [6.07, 6.45) is 1.48. The third-order valence-electron chi connectivity index (χ3n) is 5.84. The predicted molar refractivity (Wildman–Crippen MR) is 130 cm³/mol. The van der Waals surface area contributed by atoms with E-state index >= 15 is 0 Å². The van der Waals surface area contributed by atoms with Crippen molar-refractivity contribution in [3.63, 3.8) is 0 Å². The average molecular weight is 455 g/mol. The quantitative estimate of drug-likeness (QED) is 0.516. The number of para-hydroxylation sites is 2. The molecule has 1 fully saturated rings. The second-order valence-electron chi connectivity index (χ2n) is 9.43. The van der Waals surface area contributed by atoms with Gasteiger partial charge in [0.05, 0.1) is 17.6 Å². The number of aromatic nitrogens is 2. The Balaban J connectivity index is 1.53. The molecule has 0 unspecified atom stereocenters. The first kappa shape index (κ1) is 22.5. The summed E-state index contributed by atoms with van der Waals surface area (Å²) in [5.74, 6) is 0.963. The van der Waals surface area contributed by atoms with Crippen LogP contribution in [0.4, 0.5) is 10.7 Å². The minimum Gasteiger partial charge on any atom is -0.444 e. The number of anilines is 1. The van der Waals surface area contributed by atoms with Gasteiger partial charge in [-0.2, -0.15) is 0 Å². The molecule has 6 nitrogen and oxygen atoms in total. The van der Waals surface area contributed by atoms with Crippen LogP contribution >= 0.6 is 11.6 Å². The topological polar surface area (TPSA) is 50.6 Å². The maximum atomic E-state index is 12.5. The largest absolute Gasteiger partial charge is 0.444 e. The van der Waals surface area contributed by atoms with Crippen LogP contribution in [0.3, 0.4) is 0 Å². The molecular formula is C25H31ClN4O2. The Morgan fingerprint density at radius 1 is 1.16 bits per heavy atom. The Bertz CT molecular complexity index is 1100. The van der Waals surface area contributed by atoms with Crippen LogP contribution in [0, 0.1) is 0 Å². The van der Waals surface area contributed by atoms with E-state index in [9.17, 15) is 4.79 Å². The summed E-state index contributed by atoms with van der Waals surface area (Å²) in [6, 6.07) is 16.4. The number of ether oxygens (including phenoxy) is 1. The fourth-order valence-corrected chi connectivity index (χ4v) is 4.43. The Morgan fingerprint density at radius 3 is 2.56 bits per heavy atom. The van der Waals surface area contributed by atoms with Crippen molar-refractivity contribution >= 4 is 34.7 Å². The molecule has 32 heavy (non-hydrogen) atoms. The standard InChI is InChI=1S/C25H31ClN4O2/c1-25(2,3)32-24(31)28(4)20-12-14-29(15-13-20)23-27-21-10-5-6-11-22(21)30(23)17-18-8-7-9-19(26)16-18/h5-11,16,20H,12-15,17H2,1-4H3. The van der Waals surface area contributed by atoms with Gasteiger partial charge in [0.25, 0.3) is 0 Å². The smallest absolute Gasteiger partial charge is 0.410 e. The van der Waals surface area contributed by atoms with Crippen LogP contribution in [0.25, 0.3) is 11.0 Å². The molecule has 1 saturated heterocycles. The molecule has 7 heteroatoms. The molecule has 1 aromatic heterocycles. The molecule has 0 atom stereocenters. The van der Waals surface area contributed by atoms with Crippen molar-refractivity contribution in [2.75, 3.05) is 25.0 Å². The van der Waals surface area contributed by atoms with Crippen molar-refractivity contribution in [2.45, 2.75) is 51.8 Å². The highest BCUT2D eigenvalue weighted by Gasteiger charge is 2.30. The molecule has 0 bridgehead atoms. The summed E-state index contributed by atoms with van der Waals surface area (Å²) in [5.41, 5.74) is 2.74. The summed E-state index contributed by atoms with van der Waals surface area (Å²) >= 11 is 6.23. The fourth-order valence-electron chi connectivity index (χ4n) is 4.21. The molecule has 3 aromatic rings. The summed E-state index contributed by atoms with van der Waals surface area (Å²) < 4.78 is 7.81. The van der Waals surface area contributed by atoms with E-state index in [0.29, 0.717) is 6.54 Å². The van der Waals surface area contributed by atoms with Gasteiger partial charge in [0.2, 0.25) is 5.95 Å². The van der Waals surface area contributed by atoms with Gasteiger partial charge in [0.15, 0.2) is 0 Å². The van der Waals surface area contributed by atoms with Crippen molar-refractivity contribution in [1.29, 1.82) is 0 Å². The number of carbonyl (C=O) groups excluding carboxylic acids is 1. The van der Waals surface area contributed by atoms with E-state index < -0.39 is 5.60 Å². The van der Waals surface area contributed by atoms with Crippen LogP contribution in [-0.2, 0) is 11.3 Å². The molecule has 0 aliphatic carbocycles. The van der Waals surface area contributed by atoms with Gasteiger partial charge < -0.3 is 19.1 Å². The molecule has 2 heterocycles. The number of piperidine rings is 1. The minimum absolute atomic E-state index is 0.159. The Labute approximate surface area is 194 Å². The number of hydrogen-bond acceptors (Lipinski definition) is 4. The van der Waals surface area contributed by atoms with Gasteiger partial charge in [-0.1, -0.05) is 35.9 Å². The first-order chi connectivity index (χ1) is 15.2. The first-order valence-electron chi connectivity index (χ1n) is 11.1. The number of carbonyl (C=O) groups is 1. The lowest BCUT2D eigenvalue weighted by atomic mass is 10.0. The van der Waals surface area contributed by atoms with Crippen LogP contribution in [0.15, 0.2) is 48.5 Å². The Kier molecular flexibility index (Phi) is 6.33. The number of hydrogen-bond donors (Lipinski definition) is 0. The lowest BCUT2D eigenvalue weighted by molar-refractivity contribution is 0.0200. The zero-order chi connectivity index (χ0) is 22.9. The van der Waals surface area contributed by atoms with E-state index in [1.807, 2.05) is 58.2 Å². The summed E-state index contributed by atoms with van der Waals surface area (Å²) in [5, 5.41) is 0.736. The number of halogens is 1. The van der Waals surface area contributed by atoms with E-state index in [-0.39, 0.29) is 12.1 Å². The fraction of sp³-hybridized carbons (Fsp3) is 0.440. The highest BCUT2D eigenvalue weighted by Crippen LogP contribution is 2.28. The third-order valence-corrected chi connectivity index (χ3v) is 6.08. The van der Waals surface area contributed by atoms with E-state index in [2.05, 4.69) is 27.7 Å². The molecule has 0 radical (unpaired) electrons. The molecule has 170 valence electrons. The molecule has 0 saturated carbocycles. The van der Waals surface area contributed by atoms with Crippen molar-refractivity contribution < 1.29 is 9.53 Å².